The Kier molecular flexibility index (Phi) is 6.76. The Balaban J connectivity index is 1.16. The molecular weight excluding hydrogens is 661 g/mol. The zero-order valence-electron chi connectivity index (χ0n) is 28.8. The minimum atomic E-state index is 1.11. The lowest BCUT2D eigenvalue weighted by atomic mass is 10.0. The van der Waals surface area contributed by atoms with Crippen molar-refractivity contribution in [2.45, 2.75) is 0 Å². The van der Waals surface area contributed by atoms with Crippen molar-refractivity contribution in [1.29, 1.82) is 0 Å². The van der Waals surface area contributed by atoms with E-state index in [0.29, 0.717) is 0 Å². The van der Waals surface area contributed by atoms with E-state index < -0.39 is 0 Å². The van der Waals surface area contributed by atoms with Gasteiger partial charge in [0.1, 0.15) is 0 Å². The van der Waals surface area contributed by atoms with Crippen LogP contribution in [0.15, 0.2) is 194 Å². The summed E-state index contributed by atoms with van der Waals surface area (Å²) < 4.78 is 5.03. The molecule has 248 valence electrons. The van der Waals surface area contributed by atoms with Gasteiger partial charge in [0.15, 0.2) is 0 Å². The molecule has 2 aromatic heterocycles. The third-order valence-corrected chi connectivity index (χ3v) is 11.9. The molecule has 0 amide bonds. The molecule has 0 aliphatic heterocycles. The molecule has 0 spiro atoms. The lowest BCUT2D eigenvalue weighted by Gasteiger charge is -2.26. The van der Waals surface area contributed by atoms with Crippen LogP contribution in [0.5, 0.6) is 0 Å². The van der Waals surface area contributed by atoms with Gasteiger partial charge in [-0.05, 0) is 93.3 Å². The standard InChI is InChI=1S/C50H32N2S/c1-3-11-33(12-4-1)34-19-23-38(24-20-34)51(40-26-28-44-48(32-40)53-47-30-22-36-14-8-10-18-42(36)50(44)47)39-25-27-43-46(31-39)52(37-15-5-2-6-16-37)45-29-21-35-13-7-9-17-41(35)49(43)45/h1-32H. The van der Waals surface area contributed by atoms with Gasteiger partial charge in [-0.2, -0.15) is 0 Å². The van der Waals surface area contributed by atoms with Crippen molar-refractivity contribution in [3.05, 3.63) is 194 Å². The molecule has 2 nitrogen and oxygen atoms in total. The maximum atomic E-state index is 2.43. The number of anilines is 3. The predicted octanol–water partition coefficient (Wildman–Crippen LogP) is 14.6. The highest BCUT2D eigenvalue weighted by Gasteiger charge is 2.20. The number of thiophene rings is 1. The van der Waals surface area contributed by atoms with E-state index in [1.54, 1.807) is 0 Å². The maximum absolute atomic E-state index is 2.43. The molecule has 0 fully saturated rings. The molecule has 3 heteroatoms. The average Bonchev–Trinajstić information content (AvgIpc) is 3.77. The summed E-state index contributed by atoms with van der Waals surface area (Å²) in [5.41, 5.74) is 9.31. The number of para-hydroxylation sites is 1. The van der Waals surface area contributed by atoms with Crippen LogP contribution in [0.4, 0.5) is 17.1 Å². The molecule has 0 aliphatic carbocycles. The van der Waals surface area contributed by atoms with Crippen LogP contribution in [-0.4, -0.2) is 4.57 Å². The molecule has 0 saturated heterocycles. The van der Waals surface area contributed by atoms with Gasteiger partial charge in [-0.15, -0.1) is 11.3 Å². The number of benzene rings is 9. The zero-order valence-corrected chi connectivity index (χ0v) is 29.6. The summed E-state index contributed by atoms with van der Waals surface area (Å²) in [6.07, 6.45) is 0. The van der Waals surface area contributed by atoms with Crippen molar-refractivity contribution in [3.63, 3.8) is 0 Å². The molecular formula is C50H32N2S. The molecule has 2 heterocycles. The summed E-state index contributed by atoms with van der Waals surface area (Å²) in [6.45, 7) is 0. The largest absolute Gasteiger partial charge is 0.310 e. The topological polar surface area (TPSA) is 8.17 Å². The van der Waals surface area contributed by atoms with E-state index in [1.807, 2.05) is 11.3 Å². The zero-order chi connectivity index (χ0) is 34.9. The summed E-state index contributed by atoms with van der Waals surface area (Å²) in [5.74, 6) is 0. The normalized spacial score (nSPS) is 11.8. The first-order valence-electron chi connectivity index (χ1n) is 18.1. The Morgan fingerprint density at radius 1 is 0.358 bits per heavy atom. The average molecular weight is 693 g/mol. The van der Waals surface area contributed by atoms with E-state index in [9.17, 15) is 0 Å². The van der Waals surface area contributed by atoms with Gasteiger partial charge in [0.05, 0.1) is 11.0 Å². The van der Waals surface area contributed by atoms with Crippen LogP contribution >= 0.6 is 11.3 Å². The van der Waals surface area contributed by atoms with Gasteiger partial charge in [-0.3, -0.25) is 0 Å². The van der Waals surface area contributed by atoms with Crippen molar-refractivity contribution in [2.75, 3.05) is 4.90 Å². The molecule has 0 radical (unpaired) electrons. The Bertz CT molecular complexity index is 3160. The number of rotatable bonds is 5. The first-order valence-corrected chi connectivity index (χ1v) is 18.9. The summed E-state index contributed by atoms with van der Waals surface area (Å²) in [5, 5.41) is 10.3. The Labute approximate surface area is 311 Å². The van der Waals surface area contributed by atoms with E-state index in [4.69, 9.17) is 0 Å². The molecule has 0 unspecified atom stereocenters. The van der Waals surface area contributed by atoms with Gasteiger partial charge in [0, 0.05) is 53.7 Å². The van der Waals surface area contributed by atoms with Gasteiger partial charge in [0.25, 0.3) is 0 Å². The minimum Gasteiger partial charge on any atom is -0.310 e. The fourth-order valence-electron chi connectivity index (χ4n) is 8.32. The van der Waals surface area contributed by atoms with Gasteiger partial charge in [0.2, 0.25) is 0 Å². The first kappa shape index (κ1) is 30.0. The molecule has 11 rings (SSSR count). The number of nitrogens with zero attached hydrogens (tertiary/aromatic N) is 2. The third-order valence-electron chi connectivity index (χ3n) is 10.7. The summed E-state index contributed by atoms with van der Waals surface area (Å²) in [4.78, 5) is 2.42. The second kappa shape index (κ2) is 11.9. The lowest BCUT2D eigenvalue weighted by molar-refractivity contribution is 1.18. The fourth-order valence-corrected chi connectivity index (χ4v) is 9.48. The van der Waals surface area contributed by atoms with E-state index >= 15 is 0 Å². The minimum absolute atomic E-state index is 1.11. The summed E-state index contributed by atoms with van der Waals surface area (Å²) in [6, 6.07) is 70.9. The quantitative estimate of drug-likeness (QED) is 0.174. The highest BCUT2D eigenvalue weighted by Crippen LogP contribution is 2.45. The van der Waals surface area contributed by atoms with Crippen LogP contribution in [0.25, 0.3) is 80.3 Å². The van der Waals surface area contributed by atoms with Crippen LogP contribution in [0, 0.1) is 0 Å². The molecule has 0 aliphatic rings. The van der Waals surface area contributed by atoms with Gasteiger partial charge >= 0.3 is 0 Å². The smallest absolute Gasteiger partial charge is 0.0562 e. The number of aromatic nitrogens is 1. The molecule has 0 bridgehead atoms. The van der Waals surface area contributed by atoms with E-state index in [1.165, 1.54) is 74.6 Å². The predicted molar refractivity (Wildman–Crippen MR) is 229 cm³/mol. The second-order valence-electron chi connectivity index (χ2n) is 13.7. The molecule has 0 N–H and O–H groups in total. The van der Waals surface area contributed by atoms with E-state index in [-0.39, 0.29) is 0 Å². The number of hydrogen-bond donors (Lipinski definition) is 0. The van der Waals surface area contributed by atoms with Gasteiger partial charge in [-0.1, -0.05) is 133 Å². The van der Waals surface area contributed by atoms with Crippen molar-refractivity contribution < 1.29 is 0 Å². The van der Waals surface area contributed by atoms with Crippen molar-refractivity contribution in [1.82, 2.24) is 4.57 Å². The van der Waals surface area contributed by atoms with Crippen molar-refractivity contribution in [3.8, 4) is 16.8 Å². The van der Waals surface area contributed by atoms with Gasteiger partial charge < -0.3 is 9.47 Å². The molecule has 9 aromatic carbocycles. The van der Waals surface area contributed by atoms with E-state index in [0.717, 1.165) is 22.7 Å². The Morgan fingerprint density at radius 2 is 0.943 bits per heavy atom. The summed E-state index contributed by atoms with van der Waals surface area (Å²) >= 11 is 1.87. The van der Waals surface area contributed by atoms with Gasteiger partial charge in [-0.25, -0.2) is 0 Å². The van der Waals surface area contributed by atoms with Crippen LogP contribution in [0.2, 0.25) is 0 Å². The maximum Gasteiger partial charge on any atom is 0.0562 e. The van der Waals surface area contributed by atoms with Crippen LogP contribution in [0.1, 0.15) is 0 Å². The summed E-state index contributed by atoms with van der Waals surface area (Å²) in [7, 11) is 0. The number of hydrogen-bond acceptors (Lipinski definition) is 2. The third kappa shape index (κ3) is 4.78. The first-order chi connectivity index (χ1) is 26.3. The molecule has 53 heavy (non-hydrogen) atoms. The van der Waals surface area contributed by atoms with Crippen LogP contribution < -0.4 is 4.90 Å². The number of fused-ring (bicyclic) bond motifs is 10. The van der Waals surface area contributed by atoms with Crippen LogP contribution in [0.3, 0.4) is 0 Å². The van der Waals surface area contributed by atoms with Crippen molar-refractivity contribution >= 4 is 91.9 Å². The Hall–Kier alpha value is -6.68. The highest BCUT2D eigenvalue weighted by molar-refractivity contribution is 7.26. The second-order valence-corrected chi connectivity index (χ2v) is 14.8. The monoisotopic (exact) mass is 692 g/mol. The molecule has 11 aromatic rings. The Morgan fingerprint density at radius 3 is 1.70 bits per heavy atom. The van der Waals surface area contributed by atoms with Crippen LogP contribution in [-0.2, 0) is 0 Å². The SMILES string of the molecule is c1ccc(-c2ccc(N(c3ccc4c(c3)sc3ccc5ccccc5c34)c3ccc4c5c6ccccc6ccc5n(-c5ccccc5)c4c3)cc2)cc1. The fraction of sp³-hybridized carbons (Fsp3) is 0. The lowest BCUT2D eigenvalue weighted by Crippen LogP contribution is -2.10. The highest BCUT2D eigenvalue weighted by atomic mass is 32.1. The molecule has 0 atom stereocenters. The van der Waals surface area contributed by atoms with E-state index in [2.05, 4.69) is 204 Å². The molecule has 0 saturated carbocycles. The van der Waals surface area contributed by atoms with Crippen molar-refractivity contribution in [2.24, 2.45) is 0 Å².